The van der Waals surface area contributed by atoms with Crippen LogP contribution in [-0.2, 0) is 14.3 Å². The third kappa shape index (κ3) is 2.97. The lowest BCUT2D eigenvalue weighted by Gasteiger charge is -2.30. The highest BCUT2D eigenvalue weighted by Gasteiger charge is 2.31. The van der Waals surface area contributed by atoms with Gasteiger partial charge in [0.2, 0.25) is 0 Å². The van der Waals surface area contributed by atoms with Gasteiger partial charge in [0.05, 0.1) is 7.11 Å². The first-order valence-electron chi connectivity index (χ1n) is 6.34. The van der Waals surface area contributed by atoms with Crippen LogP contribution in [0.15, 0.2) is 30.3 Å². The van der Waals surface area contributed by atoms with Gasteiger partial charge in [-0.25, -0.2) is 0 Å². The SMILES string of the molecule is COC(=O)CC1CCC(=O)CC1c1ccccc1. The smallest absolute Gasteiger partial charge is 0.305 e. The number of methoxy groups -OCH3 is 1. The minimum Gasteiger partial charge on any atom is -0.469 e. The first-order chi connectivity index (χ1) is 8.70. The Hall–Kier alpha value is -1.64. The molecule has 0 bridgehead atoms. The zero-order chi connectivity index (χ0) is 13.0. The molecule has 1 aliphatic carbocycles. The molecule has 2 unspecified atom stereocenters. The standard InChI is InChI=1S/C15H18O3/c1-18-15(17)9-12-7-8-13(16)10-14(12)11-5-3-2-4-6-11/h2-6,12,14H,7-10H2,1H3. The minimum atomic E-state index is -0.185. The average molecular weight is 246 g/mol. The molecule has 0 aromatic heterocycles. The van der Waals surface area contributed by atoms with Gasteiger partial charge in [0.15, 0.2) is 0 Å². The van der Waals surface area contributed by atoms with Crippen molar-refractivity contribution in [3.63, 3.8) is 0 Å². The molecule has 1 saturated carbocycles. The summed E-state index contributed by atoms with van der Waals surface area (Å²) in [5.41, 5.74) is 1.15. The van der Waals surface area contributed by atoms with E-state index in [2.05, 4.69) is 0 Å². The van der Waals surface area contributed by atoms with Crippen LogP contribution in [0.2, 0.25) is 0 Å². The number of Topliss-reactive ketones (excluding diaryl/α,β-unsaturated/α-hetero) is 1. The van der Waals surface area contributed by atoms with Crippen LogP contribution in [0.3, 0.4) is 0 Å². The van der Waals surface area contributed by atoms with Gasteiger partial charge in [0.25, 0.3) is 0 Å². The quantitative estimate of drug-likeness (QED) is 0.770. The molecule has 96 valence electrons. The van der Waals surface area contributed by atoms with E-state index in [0.29, 0.717) is 25.0 Å². The maximum atomic E-state index is 11.6. The molecule has 1 aromatic carbocycles. The predicted octanol–water partition coefficient (Wildman–Crippen LogP) is 2.70. The van der Waals surface area contributed by atoms with Crippen molar-refractivity contribution in [1.82, 2.24) is 0 Å². The number of ketones is 1. The second-order valence-corrected chi connectivity index (χ2v) is 4.84. The number of carbonyl (C=O) groups is 2. The third-order valence-electron chi connectivity index (χ3n) is 3.69. The molecular weight excluding hydrogens is 228 g/mol. The van der Waals surface area contributed by atoms with Gasteiger partial charge in [-0.15, -0.1) is 0 Å². The van der Waals surface area contributed by atoms with E-state index in [-0.39, 0.29) is 17.8 Å². The summed E-state index contributed by atoms with van der Waals surface area (Å²) in [6.07, 6.45) is 2.33. The third-order valence-corrected chi connectivity index (χ3v) is 3.69. The van der Waals surface area contributed by atoms with Gasteiger partial charge in [-0.2, -0.15) is 0 Å². The van der Waals surface area contributed by atoms with Crippen molar-refractivity contribution in [2.24, 2.45) is 5.92 Å². The van der Waals surface area contributed by atoms with Crippen molar-refractivity contribution in [2.45, 2.75) is 31.6 Å². The van der Waals surface area contributed by atoms with Crippen LogP contribution in [-0.4, -0.2) is 18.9 Å². The van der Waals surface area contributed by atoms with Gasteiger partial charge in [-0.1, -0.05) is 30.3 Å². The van der Waals surface area contributed by atoms with Crippen LogP contribution in [0.1, 0.15) is 37.2 Å². The Morgan fingerprint density at radius 3 is 2.72 bits per heavy atom. The van der Waals surface area contributed by atoms with Crippen molar-refractivity contribution >= 4 is 11.8 Å². The number of rotatable bonds is 3. The molecule has 0 saturated heterocycles. The molecule has 1 aromatic rings. The molecule has 2 atom stereocenters. The fraction of sp³-hybridized carbons (Fsp3) is 0.467. The van der Waals surface area contributed by atoms with E-state index in [1.807, 2.05) is 30.3 Å². The highest BCUT2D eigenvalue weighted by atomic mass is 16.5. The Kier molecular flexibility index (Phi) is 4.13. The second-order valence-electron chi connectivity index (χ2n) is 4.84. The summed E-state index contributed by atoms with van der Waals surface area (Å²) in [5, 5.41) is 0. The van der Waals surface area contributed by atoms with Crippen LogP contribution in [0.5, 0.6) is 0 Å². The minimum absolute atomic E-state index is 0.159. The molecule has 0 N–H and O–H groups in total. The van der Waals surface area contributed by atoms with Gasteiger partial charge in [-0.05, 0) is 23.8 Å². The van der Waals surface area contributed by atoms with Crippen LogP contribution in [0.25, 0.3) is 0 Å². The summed E-state index contributed by atoms with van der Waals surface area (Å²) in [6, 6.07) is 9.98. The Bertz CT molecular complexity index is 425. The van der Waals surface area contributed by atoms with Crippen LogP contribution < -0.4 is 0 Å². The molecule has 0 heterocycles. The number of carbonyl (C=O) groups excluding carboxylic acids is 2. The molecule has 0 radical (unpaired) electrons. The van der Waals surface area contributed by atoms with Crippen LogP contribution in [0, 0.1) is 5.92 Å². The van der Waals surface area contributed by atoms with Gasteiger partial charge in [0.1, 0.15) is 5.78 Å². The maximum Gasteiger partial charge on any atom is 0.305 e. The fourth-order valence-electron chi connectivity index (χ4n) is 2.69. The lowest BCUT2D eigenvalue weighted by atomic mass is 9.73. The van der Waals surface area contributed by atoms with Gasteiger partial charge in [0, 0.05) is 19.3 Å². The highest BCUT2D eigenvalue weighted by molar-refractivity contribution is 5.80. The summed E-state index contributed by atoms with van der Waals surface area (Å²) in [7, 11) is 1.41. The summed E-state index contributed by atoms with van der Waals surface area (Å²) in [4.78, 5) is 23.1. The summed E-state index contributed by atoms with van der Waals surface area (Å²) in [5.74, 6) is 0.490. The van der Waals surface area contributed by atoms with E-state index in [4.69, 9.17) is 4.74 Å². The zero-order valence-electron chi connectivity index (χ0n) is 10.6. The molecule has 0 amide bonds. The average Bonchev–Trinajstić information content (AvgIpc) is 2.41. The lowest BCUT2D eigenvalue weighted by Crippen LogP contribution is -2.25. The van der Waals surface area contributed by atoms with Crippen molar-refractivity contribution in [1.29, 1.82) is 0 Å². The van der Waals surface area contributed by atoms with E-state index in [1.165, 1.54) is 7.11 Å². The molecule has 0 spiro atoms. The molecular formula is C15H18O3. The topological polar surface area (TPSA) is 43.4 Å². The molecule has 3 nitrogen and oxygen atoms in total. The van der Waals surface area contributed by atoms with Crippen molar-refractivity contribution in [3.05, 3.63) is 35.9 Å². The lowest BCUT2D eigenvalue weighted by molar-refractivity contribution is -0.142. The molecule has 3 heteroatoms. The number of benzene rings is 1. The van der Waals surface area contributed by atoms with E-state index < -0.39 is 0 Å². The normalized spacial score (nSPS) is 23.7. The molecule has 18 heavy (non-hydrogen) atoms. The van der Waals surface area contributed by atoms with Gasteiger partial charge >= 0.3 is 5.97 Å². The van der Waals surface area contributed by atoms with Crippen molar-refractivity contribution < 1.29 is 14.3 Å². The Morgan fingerprint density at radius 1 is 1.33 bits per heavy atom. The number of hydrogen-bond donors (Lipinski definition) is 0. The first-order valence-corrected chi connectivity index (χ1v) is 6.34. The molecule has 0 aliphatic heterocycles. The van der Waals surface area contributed by atoms with Crippen LogP contribution in [0.4, 0.5) is 0 Å². The maximum absolute atomic E-state index is 11.6. The largest absolute Gasteiger partial charge is 0.469 e. The van der Waals surface area contributed by atoms with Gasteiger partial charge < -0.3 is 4.74 Å². The summed E-state index contributed by atoms with van der Waals surface area (Å²) in [6.45, 7) is 0. The first kappa shape index (κ1) is 12.8. The predicted molar refractivity (Wildman–Crippen MR) is 68.2 cm³/mol. The molecule has 2 rings (SSSR count). The van der Waals surface area contributed by atoms with Gasteiger partial charge in [-0.3, -0.25) is 9.59 Å². The van der Waals surface area contributed by atoms with Crippen molar-refractivity contribution in [2.75, 3.05) is 7.11 Å². The number of ether oxygens (including phenoxy) is 1. The van der Waals surface area contributed by atoms with E-state index in [0.717, 1.165) is 12.0 Å². The highest BCUT2D eigenvalue weighted by Crippen LogP contribution is 2.38. The Labute approximate surface area is 107 Å². The zero-order valence-corrected chi connectivity index (χ0v) is 10.6. The van der Waals surface area contributed by atoms with Crippen molar-refractivity contribution in [3.8, 4) is 0 Å². The molecule has 1 fully saturated rings. The van der Waals surface area contributed by atoms with Crippen LogP contribution >= 0.6 is 0 Å². The Balaban J connectivity index is 2.16. The molecule has 1 aliphatic rings. The summed E-state index contributed by atoms with van der Waals surface area (Å²) >= 11 is 0. The monoisotopic (exact) mass is 246 g/mol. The second kappa shape index (κ2) is 5.80. The number of esters is 1. The number of hydrogen-bond acceptors (Lipinski definition) is 3. The van der Waals surface area contributed by atoms with E-state index in [1.54, 1.807) is 0 Å². The Morgan fingerprint density at radius 2 is 2.06 bits per heavy atom. The van der Waals surface area contributed by atoms with E-state index >= 15 is 0 Å². The van der Waals surface area contributed by atoms with E-state index in [9.17, 15) is 9.59 Å². The summed E-state index contributed by atoms with van der Waals surface area (Å²) < 4.78 is 4.74. The fourth-order valence-corrected chi connectivity index (χ4v) is 2.69.